The van der Waals surface area contributed by atoms with Gasteiger partial charge in [-0.05, 0) is 65.8 Å². The maximum atomic E-state index is 11.9. The van der Waals surface area contributed by atoms with Gasteiger partial charge in [-0.2, -0.15) is 4.57 Å². The maximum absolute atomic E-state index is 11.9. The van der Waals surface area contributed by atoms with Crippen LogP contribution in [0.2, 0.25) is 0 Å². The Labute approximate surface area is 253 Å². The summed E-state index contributed by atoms with van der Waals surface area (Å²) in [6, 6.07) is 14.5. The highest BCUT2D eigenvalue weighted by molar-refractivity contribution is 7.94. The van der Waals surface area contributed by atoms with Crippen molar-refractivity contribution >= 4 is 56.2 Å². The Morgan fingerprint density at radius 2 is 2.02 bits per heavy atom. The molecule has 0 saturated heterocycles. The van der Waals surface area contributed by atoms with Gasteiger partial charge in [-0.15, -0.1) is 0 Å². The molecule has 2 aromatic carbocycles. The normalized spacial score (nSPS) is 19.2. The number of thiazole rings is 1. The lowest BCUT2D eigenvalue weighted by Crippen LogP contribution is -2.29. The molecule has 41 heavy (non-hydrogen) atoms. The average Bonchev–Trinajstić information content (AvgIpc) is 3.43. The fourth-order valence-corrected chi connectivity index (χ4v) is 7.24. The fraction of sp³-hybridized carbons (Fsp3) is 0.242. The van der Waals surface area contributed by atoms with E-state index < -0.39 is 10.8 Å². The van der Waals surface area contributed by atoms with E-state index in [4.69, 9.17) is 15.3 Å². The number of ether oxygens (including phenoxy) is 1. The largest absolute Gasteiger partial charge is 0.438 e. The molecule has 0 spiro atoms. The van der Waals surface area contributed by atoms with Crippen LogP contribution in [0.1, 0.15) is 31.7 Å². The van der Waals surface area contributed by atoms with Gasteiger partial charge in [0.15, 0.2) is 5.75 Å². The van der Waals surface area contributed by atoms with E-state index in [0.29, 0.717) is 16.5 Å². The van der Waals surface area contributed by atoms with Crippen LogP contribution < -0.4 is 14.2 Å². The number of anilines is 1. The van der Waals surface area contributed by atoms with E-state index in [9.17, 15) is 4.21 Å². The first-order valence-corrected chi connectivity index (χ1v) is 16.3. The van der Waals surface area contributed by atoms with Crippen molar-refractivity contribution in [2.45, 2.75) is 36.5 Å². The van der Waals surface area contributed by atoms with Crippen molar-refractivity contribution in [3.05, 3.63) is 94.9 Å². The molecule has 0 bridgehead atoms. The van der Waals surface area contributed by atoms with Crippen molar-refractivity contribution in [2.24, 2.45) is 12.5 Å². The molecule has 2 aliphatic rings. The number of nitrogens with zero attached hydrogens (tertiary/aromatic N) is 2. The minimum Gasteiger partial charge on any atom is -0.438 e. The van der Waals surface area contributed by atoms with Crippen molar-refractivity contribution in [1.82, 2.24) is 0 Å². The third-order valence-electron chi connectivity index (χ3n) is 6.90. The summed E-state index contributed by atoms with van der Waals surface area (Å²) in [4.78, 5) is 3.44. The molecular weight excluding hydrogens is 569 g/mol. The quantitative estimate of drug-likeness (QED) is 0.120. The molecule has 0 N–H and O–H groups in total. The zero-order chi connectivity index (χ0) is 29.1. The van der Waals surface area contributed by atoms with Crippen molar-refractivity contribution in [3.8, 4) is 18.2 Å². The van der Waals surface area contributed by atoms with Crippen LogP contribution in [0.3, 0.4) is 0 Å². The van der Waals surface area contributed by atoms with Gasteiger partial charge in [-0.25, -0.2) is 4.90 Å². The summed E-state index contributed by atoms with van der Waals surface area (Å²) in [6.07, 6.45) is 24.0. The number of fused-ring (bicyclic) bond motifs is 2. The summed E-state index contributed by atoms with van der Waals surface area (Å²) in [5.74, 6) is 1.20. The minimum atomic E-state index is -1.10. The van der Waals surface area contributed by atoms with Gasteiger partial charge in [0.2, 0.25) is 11.4 Å². The van der Waals surface area contributed by atoms with Gasteiger partial charge < -0.3 is 8.92 Å². The second kappa shape index (κ2) is 12.3. The van der Waals surface area contributed by atoms with Crippen LogP contribution >= 0.6 is 23.4 Å². The van der Waals surface area contributed by atoms with Crippen LogP contribution in [0, 0.1) is 17.9 Å². The summed E-state index contributed by atoms with van der Waals surface area (Å²) >= 11 is 3.19. The lowest BCUT2D eigenvalue weighted by Gasteiger charge is -2.30. The number of hydrogen-bond donors (Lipinski definition) is 0. The number of aromatic nitrogens is 1. The average molecular weight is 602 g/mol. The monoisotopic (exact) mass is 601 g/mol. The number of benzene rings is 2. The second-order valence-corrected chi connectivity index (χ2v) is 14.1. The Morgan fingerprint density at radius 3 is 2.78 bits per heavy atom. The smallest absolute Gasteiger partial charge is 0.262 e. The minimum absolute atomic E-state index is 0.168. The number of aryl methyl sites for hydroxylation is 1. The topological polar surface area (TPSA) is 42.7 Å². The molecule has 1 atom stereocenters. The third kappa shape index (κ3) is 6.60. The number of terminal acetylenes is 1. The highest BCUT2D eigenvalue weighted by atomic mass is 32.2. The van der Waals surface area contributed by atoms with Crippen molar-refractivity contribution in [2.75, 3.05) is 18.3 Å². The lowest BCUT2D eigenvalue weighted by molar-refractivity contribution is -0.642. The Hall–Kier alpha value is -3.35. The van der Waals surface area contributed by atoms with Gasteiger partial charge in [0.1, 0.15) is 17.4 Å². The molecule has 210 valence electrons. The first-order chi connectivity index (χ1) is 19.7. The van der Waals surface area contributed by atoms with Gasteiger partial charge >= 0.3 is 0 Å². The molecule has 5 nitrogen and oxygen atoms in total. The Balaban J connectivity index is 1.33. The van der Waals surface area contributed by atoms with Crippen molar-refractivity contribution in [1.29, 1.82) is 0 Å². The molecule has 0 fully saturated rings. The molecule has 8 heteroatoms. The molecule has 5 rings (SSSR count). The Bertz CT molecular complexity index is 1720. The van der Waals surface area contributed by atoms with E-state index in [0.717, 1.165) is 23.4 Å². The summed E-state index contributed by atoms with van der Waals surface area (Å²) in [5, 5.41) is 1.23. The van der Waals surface area contributed by atoms with Crippen LogP contribution in [0.25, 0.3) is 16.3 Å². The standard InChI is InChI=1S/C33H33N2O3S3/c1-7-35-27-20-26(41(6)36)14-15-29(27)38-31(35)12-10-8-9-11-23-17-24(22-33(2,3)21-23)18-32-34(4)28-19-25(40-37-5)13-16-30(28)39-32/h1,8-20H,21-22H2,2-6H3/q+1. The van der Waals surface area contributed by atoms with E-state index >= 15 is 0 Å². The summed E-state index contributed by atoms with van der Waals surface area (Å²) < 4.78 is 26.6. The molecule has 1 unspecified atom stereocenters. The van der Waals surface area contributed by atoms with Gasteiger partial charge in [-0.3, -0.25) is 4.21 Å². The van der Waals surface area contributed by atoms with Crippen molar-refractivity contribution < 1.29 is 17.7 Å². The van der Waals surface area contributed by atoms with Gasteiger partial charge in [-0.1, -0.05) is 62.0 Å². The van der Waals surface area contributed by atoms with Crippen LogP contribution in [-0.4, -0.2) is 17.6 Å². The molecule has 1 aliphatic carbocycles. The highest BCUT2D eigenvalue weighted by Gasteiger charge is 2.27. The molecule has 0 saturated carbocycles. The summed E-state index contributed by atoms with van der Waals surface area (Å²) in [6.45, 7) is 4.65. The van der Waals surface area contributed by atoms with Crippen LogP contribution in [0.5, 0.6) is 5.75 Å². The third-order valence-corrected chi connectivity index (χ3v) is 9.60. The lowest BCUT2D eigenvalue weighted by atomic mass is 9.75. The van der Waals surface area contributed by atoms with E-state index in [-0.39, 0.29) is 5.41 Å². The Kier molecular flexibility index (Phi) is 8.71. The fourth-order valence-electron chi connectivity index (χ4n) is 5.12. The van der Waals surface area contributed by atoms with Crippen LogP contribution in [0.4, 0.5) is 5.69 Å². The van der Waals surface area contributed by atoms with Crippen molar-refractivity contribution in [3.63, 3.8) is 0 Å². The van der Waals surface area contributed by atoms with E-state index in [2.05, 4.69) is 74.0 Å². The number of allylic oxidation sites excluding steroid dienone is 8. The molecule has 3 aromatic rings. The number of rotatable bonds is 7. The van der Waals surface area contributed by atoms with E-state index in [1.54, 1.807) is 30.4 Å². The zero-order valence-electron chi connectivity index (χ0n) is 23.8. The first-order valence-electron chi connectivity index (χ1n) is 13.2. The van der Waals surface area contributed by atoms with Gasteiger partial charge in [0.25, 0.3) is 5.01 Å². The van der Waals surface area contributed by atoms with E-state index in [1.807, 2.05) is 35.6 Å². The van der Waals surface area contributed by atoms with E-state index in [1.165, 1.54) is 38.4 Å². The van der Waals surface area contributed by atoms with Gasteiger partial charge in [0.05, 0.1) is 7.11 Å². The maximum Gasteiger partial charge on any atom is 0.262 e. The predicted molar refractivity (Wildman–Crippen MR) is 172 cm³/mol. The Morgan fingerprint density at radius 1 is 1.20 bits per heavy atom. The highest BCUT2D eigenvalue weighted by Crippen LogP contribution is 2.41. The number of hydrogen-bond acceptors (Lipinski definition) is 6. The first kappa shape index (κ1) is 29.2. The van der Waals surface area contributed by atoms with Gasteiger partial charge in [0, 0.05) is 57.1 Å². The molecule has 0 amide bonds. The summed E-state index contributed by atoms with van der Waals surface area (Å²) in [5.41, 5.74) is 4.73. The molecule has 2 heterocycles. The van der Waals surface area contributed by atoms with Crippen LogP contribution in [-0.2, 0) is 22.0 Å². The zero-order valence-corrected chi connectivity index (χ0v) is 26.3. The second-order valence-electron chi connectivity index (χ2n) is 10.7. The molecule has 1 aromatic heterocycles. The molecule has 1 aliphatic heterocycles. The SMILES string of the molecule is C#CN1/C(=C/C=C/C=C/C2=CC(=C/c3sc4ccc(SOC)cc4[n+]3C)/CC(C)(C)C2)Oc2ccc(S(C)=O)cc21. The van der Waals surface area contributed by atoms with Crippen LogP contribution in [0.15, 0.2) is 99.7 Å². The predicted octanol–water partition coefficient (Wildman–Crippen LogP) is 7.69. The summed E-state index contributed by atoms with van der Waals surface area (Å²) in [7, 11) is 2.72. The molecule has 0 radical (unpaired) electrons. The molecular formula is C33H33N2O3S3+.